The van der Waals surface area contributed by atoms with Crippen molar-refractivity contribution in [2.45, 2.75) is 18.4 Å². The van der Waals surface area contributed by atoms with Gasteiger partial charge in [-0.25, -0.2) is 4.79 Å². The van der Waals surface area contributed by atoms with Crippen LogP contribution in [0.4, 0.5) is 0 Å². The molecule has 4 heteroatoms. The molecule has 0 saturated heterocycles. The molecule has 0 bridgehead atoms. The van der Waals surface area contributed by atoms with Gasteiger partial charge in [0.15, 0.2) is 0 Å². The fraction of sp³-hybridized carbons (Fsp3) is 0.571. The number of carbonyl (C=O) groups is 1. The summed E-state index contributed by atoms with van der Waals surface area (Å²) in [4.78, 5) is 10.7. The fourth-order valence-electron chi connectivity index (χ4n) is 0.535. The van der Waals surface area contributed by atoms with Crippen LogP contribution in [0.2, 0.25) is 0 Å². The Balaban J connectivity index is 4.14. The lowest BCUT2D eigenvalue weighted by molar-refractivity contribution is -0.136. The number of hydrogen-bond acceptors (Lipinski definition) is 3. The number of carbonyl (C=O) groups excluding carboxylic acids is 1. The van der Waals surface area contributed by atoms with E-state index in [4.69, 9.17) is 16.7 Å². The lowest BCUT2D eigenvalue weighted by atomic mass is 10.1. The molecule has 2 atom stereocenters. The lowest BCUT2D eigenvalue weighted by Gasteiger charge is -2.12. The van der Waals surface area contributed by atoms with E-state index in [9.17, 15) is 4.79 Å². The highest BCUT2D eigenvalue weighted by Gasteiger charge is 2.21. The van der Waals surface area contributed by atoms with E-state index in [1.807, 2.05) is 0 Å². The largest absolute Gasteiger partial charge is 0.466 e. The summed E-state index contributed by atoms with van der Waals surface area (Å²) in [5, 5.41) is 8.16. The number of ether oxygens (including phenoxy) is 1. The van der Waals surface area contributed by atoms with Crippen LogP contribution in [0, 0.1) is 0 Å². The van der Waals surface area contributed by atoms with Gasteiger partial charge < -0.3 is 9.84 Å². The molecule has 0 fully saturated rings. The minimum absolute atomic E-state index is 0.0733. The van der Waals surface area contributed by atoms with Gasteiger partial charge in [0.2, 0.25) is 0 Å². The van der Waals surface area contributed by atoms with E-state index in [0.29, 0.717) is 0 Å². The van der Waals surface area contributed by atoms with Gasteiger partial charge in [0.25, 0.3) is 0 Å². The normalized spacial score (nSPS) is 15.3. The number of esters is 1. The molecule has 0 amide bonds. The quantitative estimate of drug-likeness (QED) is 0.393. The van der Waals surface area contributed by atoms with Crippen molar-refractivity contribution in [3.8, 4) is 0 Å². The highest BCUT2D eigenvalue weighted by molar-refractivity contribution is 6.25. The number of hydrogen-bond donors (Lipinski definition) is 1. The van der Waals surface area contributed by atoms with Gasteiger partial charge in [-0.15, -0.1) is 11.6 Å². The van der Waals surface area contributed by atoms with Crippen molar-refractivity contribution in [3.05, 3.63) is 12.2 Å². The van der Waals surface area contributed by atoms with Crippen molar-refractivity contribution in [1.82, 2.24) is 0 Å². The first-order valence-corrected chi connectivity index (χ1v) is 3.53. The summed E-state index contributed by atoms with van der Waals surface area (Å²) >= 11 is 5.59. The smallest absolute Gasteiger partial charge is 0.334 e. The fourth-order valence-corrected chi connectivity index (χ4v) is 0.624. The molecule has 64 valence electrons. The van der Waals surface area contributed by atoms with Crippen LogP contribution in [-0.2, 0) is 9.53 Å². The summed E-state index contributed by atoms with van der Waals surface area (Å²) in [5.41, 5.74) is 0.0733. The maximum absolute atomic E-state index is 10.7. The zero-order valence-electron chi connectivity index (χ0n) is 6.50. The molecule has 0 rings (SSSR count). The van der Waals surface area contributed by atoms with E-state index >= 15 is 0 Å². The topological polar surface area (TPSA) is 46.5 Å². The molecular formula is C7H11ClO3. The third-order valence-corrected chi connectivity index (χ3v) is 1.83. The van der Waals surface area contributed by atoms with Crippen LogP contribution in [0.15, 0.2) is 12.2 Å². The summed E-state index contributed by atoms with van der Waals surface area (Å²) in [6.45, 7) is 4.86. The first-order valence-electron chi connectivity index (χ1n) is 3.10. The minimum atomic E-state index is -0.803. The summed E-state index contributed by atoms with van der Waals surface area (Å²) in [5.74, 6) is -0.592. The molecule has 0 saturated carbocycles. The second kappa shape index (κ2) is 4.36. The number of aliphatic hydroxyl groups excluding tert-OH is 1. The number of methoxy groups -OCH3 is 1. The minimum Gasteiger partial charge on any atom is -0.466 e. The van der Waals surface area contributed by atoms with Crippen LogP contribution >= 0.6 is 11.6 Å². The highest BCUT2D eigenvalue weighted by atomic mass is 35.5. The van der Waals surface area contributed by atoms with Crippen LogP contribution in [-0.4, -0.2) is 29.7 Å². The molecule has 1 N–H and O–H groups in total. The Morgan fingerprint density at radius 1 is 1.73 bits per heavy atom. The Kier molecular flexibility index (Phi) is 4.15. The Bertz CT molecular complexity index is 165. The van der Waals surface area contributed by atoms with Gasteiger partial charge in [-0.3, -0.25) is 0 Å². The molecule has 0 aromatic heterocycles. The second-order valence-electron chi connectivity index (χ2n) is 2.16. The predicted molar refractivity (Wildman–Crippen MR) is 42.5 cm³/mol. The SMILES string of the molecule is C=C(C(=O)OC)C(Cl)C(C)O. The number of rotatable bonds is 3. The van der Waals surface area contributed by atoms with Gasteiger partial charge in [0.1, 0.15) is 0 Å². The molecule has 0 radical (unpaired) electrons. The van der Waals surface area contributed by atoms with Crippen LogP contribution in [0.25, 0.3) is 0 Å². The number of halogens is 1. The molecule has 11 heavy (non-hydrogen) atoms. The summed E-state index contributed by atoms with van der Waals surface area (Å²) in [7, 11) is 1.24. The Hall–Kier alpha value is -0.540. The van der Waals surface area contributed by atoms with E-state index in [0.717, 1.165) is 0 Å². The van der Waals surface area contributed by atoms with Gasteiger partial charge in [-0.2, -0.15) is 0 Å². The second-order valence-corrected chi connectivity index (χ2v) is 2.63. The van der Waals surface area contributed by atoms with Gasteiger partial charge in [-0.1, -0.05) is 6.58 Å². The van der Waals surface area contributed by atoms with E-state index < -0.39 is 17.5 Å². The monoisotopic (exact) mass is 178 g/mol. The van der Waals surface area contributed by atoms with E-state index in [1.54, 1.807) is 0 Å². The van der Waals surface area contributed by atoms with Crippen molar-refractivity contribution in [1.29, 1.82) is 0 Å². The van der Waals surface area contributed by atoms with Crippen molar-refractivity contribution in [2.75, 3.05) is 7.11 Å². The summed E-state index contributed by atoms with van der Waals surface area (Å²) < 4.78 is 4.35. The van der Waals surface area contributed by atoms with E-state index in [1.165, 1.54) is 14.0 Å². The molecule has 0 aliphatic rings. The van der Waals surface area contributed by atoms with E-state index in [2.05, 4.69) is 11.3 Å². The molecule has 2 unspecified atom stereocenters. The van der Waals surface area contributed by atoms with Crippen LogP contribution < -0.4 is 0 Å². The average Bonchev–Trinajstić information content (AvgIpc) is 2.00. The Morgan fingerprint density at radius 2 is 2.18 bits per heavy atom. The maximum atomic E-state index is 10.7. The molecule has 0 aromatic carbocycles. The van der Waals surface area contributed by atoms with Crippen molar-refractivity contribution in [2.24, 2.45) is 0 Å². The number of alkyl halides is 1. The van der Waals surface area contributed by atoms with E-state index in [-0.39, 0.29) is 5.57 Å². The molecule has 0 spiro atoms. The molecule has 3 nitrogen and oxygen atoms in total. The maximum Gasteiger partial charge on any atom is 0.334 e. The molecular weight excluding hydrogens is 168 g/mol. The summed E-state index contributed by atoms with van der Waals surface area (Å²) in [6.07, 6.45) is -0.803. The van der Waals surface area contributed by atoms with Gasteiger partial charge in [-0.05, 0) is 6.92 Å². The molecule has 0 aromatic rings. The van der Waals surface area contributed by atoms with Gasteiger partial charge in [0, 0.05) is 0 Å². The van der Waals surface area contributed by atoms with Crippen LogP contribution in [0.1, 0.15) is 6.92 Å². The zero-order valence-corrected chi connectivity index (χ0v) is 7.26. The predicted octanol–water partition coefficient (Wildman–Crippen LogP) is 0.704. The first kappa shape index (κ1) is 10.5. The van der Waals surface area contributed by atoms with Crippen molar-refractivity contribution < 1.29 is 14.6 Å². The zero-order chi connectivity index (χ0) is 9.02. The van der Waals surface area contributed by atoms with Crippen LogP contribution in [0.3, 0.4) is 0 Å². The first-order chi connectivity index (χ1) is 5.00. The van der Waals surface area contributed by atoms with Crippen LogP contribution in [0.5, 0.6) is 0 Å². The number of aliphatic hydroxyl groups is 1. The standard InChI is InChI=1S/C7H11ClO3/c1-4(7(10)11-3)6(8)5(2)9/h5-6,9H,1H2,2-3H3. The lowest BCUT2D eigenvalue weighted by Crippen LogP contribution is -2.23. The third kappa shape index (κ3) is 2.91. The Labute approximate surface area is 70.6 Å². The Morgan fingerprint density at radius 3 is 2.45 bits per heavy atom. The van der Waals surface area contributed by atoms with Crippen molar-refractivity contribution >= 4 is 17.6 Å². The molecule has 0 aliphatic heterocycles. The molecule has 0 heterocycles. The summed E-state index contributed by atoms with van der Waals surface area (Å²) in [6, 6.07) is 0. The highest BCUT2D eigenvalue weighted by Crippen LogP contribution is 2.13. The van der Waals surface area contributed by atoms with Crippen molar-refractivity contribution in [3.63, 3.8) is 0 Å². The average molecular weight is 179 g/mol. The van der Waals surface area contributed by atoms with Gasteiger partial charge >= 0.3 is 5.97 Å². The molecule has 0 aliphatic carbocycles. The van der Waals surface area contributed by atoms with Gasteiger partial charge in [0.05, 0.1) is 24.2 Å². The third-order valence-electron chi connectivity index (χ3n) is 1.20.